The molecule has 0 N–H and O–H groups in total. The zero-order valence-electron chi connectivity index (χ0n) is 24.6. The highest BCUT2D eigenvalue weighted by molar-refractivity contribution is 6.34. The monoisotopic (exact) mass is 630 g/mol. The van der Waals surface area contributed by atoms with Crippen LogP contribution in [0.25, 0.3) is 0 Å². The van der Waals surface area contributed by atoms with Crippen molar-refractivity contribution < 1.29 is 27.6 Å². The number of hydrogen-bond donors (Lipinski definition) is 0. The summed E-state index contributed by atoms with van der Waals surface area (Å²) in [5.74, 6) is -1.32. The second kappa shape index (κ2) is 11.4. The molecule has 3 fully saturated rings. The first kappa shape index (κ1) is 30.4. The van der Waals surface area contributed by atoms with E-state index in [1.807, 2.05) is 0 Å². The van der Waals surface area contributed by atoms with Gasteiger partial charge in [-0.3, -0.25) is 24.2 Å². The van der Waals surface area contributed by atoms with Gasteiger partial charge in [0.2, 0.25) is 17.7 Å². The first-order chi connectivity index (χ1) is 20.8. The van der Waals surface area contributed by atoms with Crippen LogP contribution < -0.4 is 14.7 Å². The molecule has 0 bridgehead atoms. The Kier molecular flexibility index (Phi) is 7.86. The Hall–Kier alpha value is -3.64. The van der Waals surface area contributed by atoms with Gasteiger partial charge in [-0.1, -0.05) is 24.2 Å². The molecule has 6 rings (SSSR count). The number of pyridine rings is 1. The van der Waals surface area contributed by atoms with Gasteiger partial charge in [0, 0.05) is 63.8 Å². The Morgan fingerprint density at radius 3 is 2.61 bits per heavy atom. The molecular weight excluding hydrogens is 597 g/mol. The van der Waals surface area contributed by atoms with E-state index in [2.05, 4.69) is 21.4 Å². The van der Waals surface area contributed by atoms with E-state index in [1.165, 1.54) is 17.9 Å². The standard InChI is InChI=1S/C31H34ClF3N6O3/c1-4-26(42)39-16-22(17-39)38-9-8-19(13-38)14-40-15-20-11-27(43)41(25-12-21(31(33,34)35)10-18(2)36-25)28(20)30(44)37(3)24-7-5-6-23(32)29(24)40/h4-7,10,12,19-20,22,28H,1,8-9,11,13-17H2,2-3H3/t19-,20+,28-/m0/s1. The second-order valence-corrected chi connectivity index (χ2v) is 12.6. The molecule has 1 aromatic heterocycles. The normalized spacial score (nSPS) is 24.6. The summed E-state index contributed by atoms with van der Waals surface area (Å²) < 4.78 is 41.1. The van der Waals surface area contributed by atoms with E-state index < -0.39 is 35.5 Å². The zero-order chi connectivity index (χ0) is 31.5. The summed E-state index contributed by atoms with van der Waals surface area (Å²) in [6.45, 7) is 9.02. The third-order valence-electron chi connectivity index (χ3n) is 9.29. The van der Waals surface area contributed by atoms with E-state index >= 15 is 0 Å². The van der Waals surface area contributed by atoms with Gasteiger partial charge in [-0.25, -0.2) is 4.98 Å². The van der Waals surface area contributed by atoms with Gasteiger partial charge in [-0.05, 0) is 56.1 Å². The number of carbonyl (C=O) groups excluding carboxylic acids is 3. The van der Waals surface area contributed by atoms with Crippen LogP contribution in [-0.2, 0) is 20.6 Å². The van der Waals surface area contributed by atoms with Crippen molar-refractivity contribution in [3.63, 3.8) is 0 Å². The van der Waals surface area contributed by atoms with Crippen LogP contribution in [0.1, 0.15) is 24.1 Å². The van der Waals surface area contributed by atoms with E-state index in [1.54, 1.807) is 30.1 Å². The number of hydrogen-bond acceptors (Lipinski definition) is 6. The molecule has 0 aliphatic carbocycles. The second-order valence-electron chi connectivity index (χ2n) is 12.2. The SMILES string of the molecule is C=CC(=O)N1CC(N2CC[C@H](CN3C[C@H]4CC(=O)N(c5cc(C(F)(F)F)cc(C)n5)[C@@H]4C(=O)N(C)c4cccc(Cl)c43)C2)C1. The van der Waals surface area contributed by atoms with Gasteiger partial charge in [-0.15, -0.1) is 0 Å². The van der Waals surface area contributed by atoms with Crippen molar-refractivity contribution in [3.05, 3.63) is 59.3 Å². The summed E-state index contributed by atoms with van der Waals surface area (Å²) in [6, 6.07) is 6.36. The Morgan fingerprint density at radius 1 is 1.16 bits per heavy atom. The van der Waals surface area contributed by atoms with E-state index in [-0.39, 0.29) is 29.8 Å². The smallest absolute Gasteiger partial charge is 0.368 e. The van der Waals surface area contributed by atoms with Crippen molar-refractivity contribution in [2.45, 2.75) is 38.0 Å². The minimum Gasteiger partial charge on any atom is -0.368 e. The van der Waals surface area contributed by atoms with E-state index in [4.69, 9.17) is 11.6 Å². The molecule has 3 saturated heterocycles. The van der Waals surface area contributed by atoms with Crippen molar-refractivity contribution >= 4 is 46.5 Å². The summed E-state index contributed by atoms with van der Waals surface area (Å²) in [5, 5.41) is 0.476. The number of carbonyl (C=O) groups is 3. The van der Waals surface area contributed by atoms with Crippen LogP contribution in [-0.4, -0.2) is 90.9 Å². The molecule has 3 atom stereocenters. The van der Waals surface area contributed by atoms with Gasteiger partial charge in [0.25, 0.3) is 0 Å². The highest BCUT2D eigenvalue weighted by Crippen LogP contribution is 2.43. The third kappa shape index (κ3) is 5.42. The van der Waals surface area contributed by atoms with E-state index in [0.29, 0.717) is 48.6 Å². The molecule has 0 saturated carbocycles. The average molecular weight is 631 g/mol. The van der Waals surface area contributed by atoms with Gasteiger partial charge >= 0.3 is 6.18 Å². The van der Waals surface area contributed by atoms with Crippen LogP contribution >= 0.6 is 11.6 Å². The fourth-order valence-corrected chi connectivity index (χ4v) is 7.37. The molecule has 3 amide bonds. The predicted octanol–water partition coefficient (Wildman–Crippen LogP) is 3.99. The maximum Gasteiger partial charge on any atom is 0.416 e. The van der Waals surface area contributed by atoms with Gasteiger partial charge in [0.1, 0.15) is 11.9 Å². The summed E-state index contributed by atoms with van der Waals surface area (Å²) in [6.07, 6.45) is -2.37. The number of para-hydroxylation sites is 1. The molecule has 13 heteroatoms. The molecule has 4 aliphatic heterocycles. The Labute approximate surface area is 258 Å². The van der Waals surface area contributed by atoms with Crippen LogP contribution in [0.4, 0.5) is 30.4 Å². The third-order valence-corrected chi connectivity index (χ3v) is 9.59. The molecule has 0 unspecified atom stereocenters. The molecule has 0 radical (unpaired) electrons. The summed E-state index contributed by atoms with van der Waals surface area (Å²) in [5.41, 5.74) is 0.453. The van der Waals surface area contributed by atoms with Crippen molar-refractivity contribution in [2.24, 2.45) is 11.8 Å². The largest absolute Gasteiger partial charge is 0.416 e. The first-order valence-corrected chi connectivity index (χ1v) is 15.1. The van der Waals surface area contributed by atoms with Crippen LogP contribution in [0.2, 0.25) is 5.02 Å². The molecule has 2 aromatic rings. The summed E-state index contributed by atoms with van der Waals surface area (Å²) >= 11 is 6.78. The zero-order valence-corrected chi connectivity index (χ0v) is 25.3. The van der Waals surface area contributed by atoms with Crippen LogP contribution in [0.15, 0.2) is 43.0 Å². The number of likely N-dealkylation sites (N-methyl/N-ethyl adjacent to an activating group) is 1. The number of rotatable bonds is 5. The number of benzene rings is 1. The molecule has 234 valence electrons. The Morgan fingerprint density at radius 2 is 1.91 bits per heavy atom. The molecule has 4 aliphatic rings. The van der Waals surface area contributed by atoms with Crippen molar-refractivity contribution in [2.75, 3.05) is 61.0 Å². The topological polar surface area (TPSA) is 80.3 Å². The minimum absolute atomic E-state index is 0.0104. The summed E-state index contributed by atoms with van der Waals surface area (Å²) in [4.78, 5) is 52.6. The van der Waals surface area contributed by atoms with Crippen molar-refractivity contribution in [1.29, 1.82) is 0 Å². The minimum atomic E-state index is -4.63. The predicted molar refractivity (Wildman–Crippen MR) is 161 cm³/mol. The first-order valence-electron chi connectivity index (χ1n) is 14.7. The highest BCUT2D eigenvalue weighted by atomic mass is 35.5. The van der Waals surface area contributed by atoms with Crippen LogP contribution in [0, 0.1) is 18.8 Å². The lowest BCUT2D eigenvalue weighted by molar-refractivity contribution is -0.137. The molecule has 44 heavy (non-hydrogen) atoms. The lowest BCUT2D eigenvalue weighted by Gasteiger charge is -2.44. The number of aromatic nitrogens is 1. The van der Waals surface area contributed by atoms with Gasteiger partial charge < -0.3 is 14.7 Å². The van der Waals surface area contributed by atoms with Crippen molar-refractivity contribution in [1.82, 2.24) is 14.8 Å². The van der Waals surface area contributed by atoms with Gasteiger partial charge in [0.15, 0.2) is 0 Å². The lowest BCUT2D eigenvalue weighted by Crippen LogP contribution is -2.60. The number of amides is 3. The number of anilines is 3. The fraction of sp³-hybridized carbons (Fsp3) is 0.484. The van der Waals surface area contributed by atoms with Gasteiger partial charge in [-0.2, -0.15) is 13.2 Å². The molecule has 1 aromatic carbocycles. The number of fused-ring (bicyclic) bond motifs is 2. The highest BCUT2D eigenvalue weighted by Gasteiger charge is 2.50. The van der Waals surface area contributed by atoms with Crippen molar-refractivity contribution in [3.8, 4) is 0 Å². The van der Waals surface area contributed by atoms with Crippen LogP contribution in [0.5, 0.6) is 0 Å². The number of aryl methyl sites for hydroxylation is 1. The van der Waals surface area contributed by atoms with E-state index in [9.17, 15) is 27.6 Å². The van der Waals surface area contributed by atoms with E-state index in [0.717, 1.165) is 36.5 Å². The molecule has 0 spiro atoms. The Balaban J connectivity index is 1.29. The number of nitrogens with zero attached hydrogens (tertiary/aromatic N) is 6. The van der Waals surface area contributed by atoms with Gasteiger partial charge in [0.05, 0.1) is 22.0 Å². The molecule has 9 nitrogen and oxygen atoms in total. The lowest BCUT2D eigenvalue weighted by atomic mass is 9.94. The fourth-order valence-electron chi connectivity index (χ4n) is 7.08. The number of likely N-dealkylation sites (tertiary alicyclic amines) is 2. The maximum absolute atomic E-state index is 14.0. The number of alkyl halides is 3. The number of halogens is 4. The molecular formula is C31H34ClF3N6O3. The summed E-state index contributed by atoms with van der Waals surface area (Å²) in [7, 11) is 1.61. The maximum atomic E-state index is 14.0. The Bertz CT molecular complexity index is 1510. The molecule has 5 heterocycles. The van der Waals surface area contributed by atoms with Crippen LogP contribution in [0.3, 0.4) is 0 Å². The average Bonchev–Trinajstić information content (AvgIpc) is 3.52. The quantitative estimate of drug-likeness (QED) is 0.465.